The molecule has 0 spiro atoms. The van der Waals surface area contributed by atoms with Crippen LogP contribution in [0.25, 0.3) is 16.6 Å². The Morgan fingerprint density at radius 3 is 2.55 bits per heavy atom. The van der Waals surface area contributed by atoms with Crippen molar-refractivity contribution in [1.29, 1.82) is 0 Å². The molecule has 1 atom stereocenters. The number of hydrogen-bond acceptors (Lipinski definition) is 5. The lowest BCUT2D eigenvalue weighted by Gasteiger charge is -2.09. The number of benzene rings is 2. The van der Waals surface area contributed by atoms with Crippen LogP contribution in [0.4, 0.5) is 5.82 Å². The molecule has 0 aliphatic carbocycles. The zero-order valence-corrected chi connectivity index (χ0v) is 15.8. The number of nitrogens with two attached hydrogens (primary N) is 1. The van der Waals surface area contributed by atoms with Gasteiger partial charge in [0.25, 0.3) is 5.56 Å². The summed E-state index contributed by atoms with van der Waals surface area (Å²) in [6.45, 7) is 1.80. The van der Waals surface area contributed by atoms with Gasteiger partial charge in [-0.3, -0.25) is 4.79 Å². The van der Waals surface area contributed by atoms with Crippen LogP contribution >= 0.6 is 0 Å². The Morgan fingerprint density at radius 1 is 1.07 bits per heavy atom. The van der Waals surface area contributed by atoms with Gasteiger partial charge in [0.15, 0.2) is 5.82 Å². The van der Waals surface area contributed by atoms with E-state index in [1.54, 1.807) is 0 Å². The molecule has 1 aliphatic rings. The lowest BCUT2D eigenvalue weighted by atomic mass is 9.99. The number of ether oxygens (including phenoxy) is 1. The van der Waals surface area contributed by atoms with Crippen LogP contribution in [0.1, 0.15) is 17.9 Å². The molecular formula is C22H21N5O2. The SMILES string of the molecule is Nc1n[nH]c(=O)c2c(C3CCNC3)cn(-c3ccc(Oc4ccccc4)cc3)c12. The van der Waals surface area contributed by atoms with E-state index in [-0.39, 0.29) is 11.5 Å². The topological polar surface area (TPSA) is 98.0 Å². The van der Waals surface area contributed by atoms with E-state index in [1.165, 1.54) is 0 Å². The Balaban J connectivity index is 1.58. The summed E-state index contributed by atoms with van der Waals surface area (Å²) >= 11 is 0. The predicted octanol–water partition coefficient (Wildman–Crippen LogP) is 3.17. The lowest BCUT2D eigenvalue weighted by Crippen LogP contribution is -2.13. The van der Waals surface area contributed by atoms with Crippen LogP contribution in [-0.4, -0.2) is 27.9 Å². The number of aromatic amines is 1. The standard InChI is InChI=1S/C22H21N5O2/c23-21-20-19(22(28)26-25-21)18(14-10-11-24-12-14)13-27(20)15-6-8-17(9-7-15)29-16-4-2-1-3-5-16/h1-9,13-14,24H,10-12H2,(H2,23,25)(H,26,28). The minimum atomic E-state index is -0.209. The molecule has 4 N–H and O–H groups in total. The molecule has 7 heteroatoms. The highest BCUT2D eigenvalue weighted by molar-refractivity contribution is 5.92. The summed E-state index contributed by atoms with van der Waals surface area (Å²) < 4.78 is 7.83. The molecule has 29 heavy (non-hydrogen) atoms. The van der Waals surface area contributed by atoms with Gasteiger partial charge in [0.2, 0.25) is 0 Å². The van der Waals surface area contributed by atoms with E-state index in [4.69, 9.17) is 10.5 Å². The first-order valence-corrected chi connectivity index (χ1v) is 9.64. The van der Waals surface area contributed by atoms with Crippen LogP contribution < -0.4 is 21.3 Å². The maximum absolute atomic E-state index is 12.6. The lowest BCUT2D eigenvalue weighted by molar-refractivity contribution is 0.482. The molecule has 0 amide bonds. The van der Waals surface area contributed by atoms with E-state index in [2.05, 4.69) is 15.5 Å². The zero-order chi connectivity index (χ0) is 19.8. The van der Waals surface area contributed by atoms with Gasteiger partial charge in [0, 0.05) is 18.4 Å². The van der Waals surface area contributed by atoms with Gasteiger partial charge in [-0.25, -0.2) is 5.10 Å². The van der Waals surface area contributed by atoms with Crippen molar-refractivity contribution in [3.05, 3.63) is 76.7 Å². The van der Waals surface area contributed by atoms with Crippen molar-refractivity contribution in [2.45, 2.75) is 12.3 Å². The molecule has 4 aromatic rings. The van der Waals surface area contributed by atoms with E-state index < -0.39 is 0 Å². The van der Waals surface area contributed by atoms with Crippen molar-refractivity contribution in [3.63, 3.8) is 0 Å². The minimum Gasteiger partial charge on any atom is -0.457 e. The third-order valence-corrected chi connectivity index (χ3v) is 5.38. The van der Waals surface area contributed by atoms with Gasteiger partial charge in [-0.1, -0.05) is 18.2 Å². The average Bonchev–Trinajstić information content (AvgIpc) is 3.41. The maximum Gasteiger partial charge on any atom is 0.274 e. The fourth-order valence-corrected chi connectivity index (χ4v) is 3.97. The van der Waals surface area contributed by atoms with Gasteiger partial charge < -0.3 is 20.4 Å². The second kappa shape index (κ2) is 7.10. The van der Waals surface area contributed by atoms with Crippen molar-refractivity contribution < 1.29 is 4.74 Å². The first-order chi connectivity index (χ1) is 14.2. The van der Waals surface area contributed by atoms with E-state index in [9.17, 15) is 4.79 Å². The quantitative estimate of drug-likeness (QED) is 0.500. The molecule has 2 aromatic carbocycles. The second-order valence-electron chi connectivity index (χ2n) is 7.21. The number of hydrogen-bond donors (Lipinski definition) is 3. The summed E-state index contributed by atoms with van der Waals surface area (Å²) in [7, 11) is 0. The van der Waals surface area contributed by atoms with E-state index >= 15 is 0 Å². The number of nitrogen functional groups attached to an aromatic ring is 1. The van der Waals surface area contributed by atoms with Gasteiger partial charge in [-0.2, -0.15) is 5.10 Å². The Labute approximate surface area is 167 Å². The Morgan fingerprint density at radius 2 is 1.83 bits per heavy atom. The van der Waals surface area contributed by atoms with Crippen molar-refractivity contribution in [2.75, 3.05) is 18.8 Å². The van der Waals surface area contributed by atoms with Crippen molar-refractivity contribution in [1.82, 2.24) is 20.1 Å². The molecule has 1 fully saturated rings. The third kappa shape index (κ3) is 3.15. The molecule has 1 saturated heterocycles. The fraction of sp³-hybridized carbons (Fsp3) is 0.182. The minimum absolute atomic E-state index is 0.209. The Bertz CT molecular complexity index is 1210. The largest absolute Gasteiger partial charge is 0.457 e. The first kappa shape index (κ1) is 17.5. The van der Waals surface area contributed by atoms with Crippen LogP contribution in [0.5, 0.6) is 11.5 Å². The number of aromatic nitrogens is 3. The highest BCUT2D eigenvalue weighted by atomic mass is 16.5. The summed E-state index contributed by atoms with van der Waals surface area (Å²) in [5.41, 5.74) is 8.50. The van der Waals surface area contributed by atoms with Gasteiger partial charge in [0.05, 0.1) is 5.39 Å². The monoisotopic (exact) mass is 387 g/mol. The van der Waals surface area contributed by atoms with Crippen LogP contribution in [-0.2, 0) is 0 Å². The van der Waals surface area contributed by atoms with Crippen LogP contribution in [0, 0.1) is 0 Å². The molecular weight excluding hydrogens is 366 g/mol. The molecule has 5 rings (SSSR count). The number of rotatable bonds is 4. The van der Waals surface area contributed by atoms with Crippen LogP contribution in [0.3, 0.4) is 0 Å². The smallest absolute Gasteiger partial charge is 0.274 e. The number of H-pyrrole nitrogens is 1. The molecule has 3 heterocycles. The summed E-state index contributed by atoms with van der Waals surface area (Å²) in [6, 6.07) is 17.4. The average molecular weight is 387 g/mol. The molecule has 0 bridgehead atoms. The zero-order valence-electron chi connectivity index (χ0n) is 15.8. The summed E-state index contributed by atoms with van der Waals surface area (Å²) in [5, 5.41) is 10.5. The molecule has 0 saturated carbocycles. The molecule has 1 aliphatic heterocycles. The summed E-state index contributed by atoms with van der Waals surface area (Å²) in [6.07, 6.45) is 3.01. The van der Waals surface area contributed by atoms with Gasteiger partial charge in [0.1, 0.15) is 17.0 Å². The van der Waals surface area contributed by atoms with E-state index in [0.29, 0.717) is 16.7 Å². The number of fused-ring (bicyclic) bond motifs is 1. The summed E-state index contributed by atoms with van der Waals surface area (Å²) in [5.74, 6) is 2.10. The van der Waals surface area contributed by atoms with Gasteiger partial charge in [-0.05, 0) is 60.8 Å². The van der Waals surface area contributed by atoms with Crippen molar-refractivity contribution in [2.24, 2.45) is 0 Å². The first-order valence-electron chi connectivity index (χ1n) is 9.64. The number of nitrogens with one attached hydrogen (secondary N) is 2. The van der Waals surface area contributed by atoms with E-state index in [0.717, 1.165) is 42.3 Å². The van der Waals surface area contributed by atoms with Gasteiger partial charge in [-0.15, -0.1) is 0 Å². The van der Waals surface area contributed by atoms with Crippen LogP contribution in [0.15, 0.2) is 65.6 Å². The molecule has 1 unspecified atom stereocenters. The van der Waals surface area contributed by atoms with Crippen molar-refractivity contribution in [3.8, 4) is 17.2 Å². The van der Waals surface area contributed by atoms with Gasteiger partial charge >= 0.3 is 0 Å². The van der Waals surface area contributed by atoms with Crippen LogP contribution in [0.2, 0.25) is 0 Å². The van der Waals surface area contributed by atoms with Crippen molar-refractivity contribution >= 4 is 16.7 Å². The molecule has 2 aromatic heterocycles. The Kier molecular flexibility index (Phi) is 4.29. The number of nitrogens with zero attached hydrogens (tertiary/aromatic N) is 2. The number of anilines is 1. The normalized spacial score (nSPS) is 16.3. The maximum atomic E-state index is 12.6. The predicted molar refractivity (Wildman–Crippen MR) is 113 cm³/mol. The second-order valence-corrected chi connectivity index (χ2v) is 7.21. The molecule has 146 valence electrons. The highest BCUT2D eigenvalue weighted by Gasteiger charge is 2.25. The molecule has 7 nitrogen and oxygen atoms in total. The third-order valence-electron chi connectivity index (χ3n) is 5.38. The Hall–Kier alpha value is -3.58. The summed E-state index contributed by atoms with van der Waals surface area (Å²) in [4.78, 5) is 12.6. The van der Waals surface area contributed by atoms with E-state index in [1.807, 2.05) is 65.4 Å². The fourth-order valence-electron chi connectivity index (χ4n) is 3.97. The molecule has 0 radical (unpaired) electrons. The highest BCUT2D eigenvalue weighted by Crippen LogP contribution is 2.33. The number of para-hydroxylation sites is 1.